The van der Waals surface area contributed by atoms with Gasteiger partial charge in [-0.1, -0.05) is 54.6 Å². The molecule has 0 saturated carbocycles. The minimum atomic E-state index is 0.232. The molecule has 0 saturated heterocycles. The highest BCUT2D eigenvalue weighted by molar-refractivity contribution is 7.17. The summed E-state index contributed by atoms with van der Waals surface area (Å²) in [5, 5.41) is 3.55. The molecule has 0 aliphatic carbocycles. The molecule has 2 atom stereocenters. The van der Waals surface area contributed by atoms with Gasteiger partial charge in [0, 0.05) is 24.2 Å². The third-order valence-electron chi connectivity index (χ3n) is 3.74. The van der Waals surface area contributed by atoms with Crippen molar-refractivity contribution >= 4 is 9.24 Å². The Morgan fingerprint density at radius 3 is 2.39 bits per heavy atom. The standard InChI is InChI=1S/C18H25N4P/c19-17(13-22-20)11-10-14-6-4-5-9-16(14)12-21-18(23)15-7-2-1-3-8-15/h1-9,13,18,21-22H,10-12,19-20,23H2/b17-13-. The number of aryl methyl sites for hydroxylation is 1. The summed E-state index contributed by atoms with van der Waals surface area (Å²) in [4.78, 5) is 0. The van der Waals surface area contributed by atoms with Gasteiger partial charge in [-0.25, -0.2) is 0 Å². The molecule has 4 nitrogen and oxygen atoms in total. The summed E-state index contributed by atoms with van der Waals surface area (Å²) >= 11 is 0. The smallest absolute Gasteiger partial charge is 0.0466 e. The van der Waals surface area contributed by atoms with Gasteiger partial charge in [-0.15, -0.1) is 9.24 Å². The van der Waals surface area contributed by atoms with Crippen LogP contribution in [0.1, 0.15) is 28.9 Å². The molecule has 23 heavy (non-hydrogen) atoms. The summed E-state index contributed by atoms with van der Waals surface area (Å²) in [7, 11) is 2.85. The lowest BCUT2D eigenvalue weighted by Gasteiger charge is -2.16. The van der Waals surface area contributed by atoms with Crippen LogP contribution in [0.4, 0.5) is 0 Å². The molecule has 0 spiro atoms. The molecule has 5 heteroatoms. The highest BCUT2D eigenvalue weighted by Crippen LogP contribution is 2.21. The van der Waals surface area contributed by atoms with Crippen molar-refractivity contribution in [1.29, 1.82) is 0 Å². The molecular weight excluding hydrogens is 303 g/mol. The van der Waals surface area contributed by atoms with Gasteiger partial charge in [-0.2, -0.15) is 0 Å². The van der Waals surface area contributed by atoms with E-state index >= 15 is 0 Å². The monoisotopic (exact) mass is 328 g/mol. The Bertz CT molecular complexity index is 628. The van der Waals surface area contributed by atoms with Gasteiger partial charge in [0.1, 0.15) is 0 Å². The topological polar surface area (TPSA) is 76.1 Å². The quantitative estimate of drug-likeness (QED) is 0.341. The van der Waals surface area contributed by atoms with Crippen LogP contribution >= 0.6 is 9.24 Å². The number of hydrogen-bond donors (Lipinski definition) is 4. The van der Waals surface area contributed by atoms with Gasteiger partial charge in [0.2, 0.25) is 0 Å². The van der Waals surface area contributed by atoms with Crippen molar-refractivity contribution in [2.75, 3.05) is 0 Å². The van der Waals surface area contributed by atoms with Crippen molar-refractivity contribution in [2.45, 2.75) is 25.2 Å². The number of hydrogen-bond acceptors (Lipinski definition) is 4. The van der Waals surface area contributed by atoms with Crippen molar-refractivity contribution in [3.63, 3.8) is 0 Å². The number of nitrogens with one attached hydrogen (secondary N) is 2. The zero-order valence-corrected chi connectivity index (χ0v) is 14.4. The molecule has 122 valence electrons. The molecule has 0 aliphatic heterocycles. The van der Waals surface area contributed by atoms with Crippen molar-refractivity contribution in [1.82, 2.24) is 10.7 Å². The maximum Gasteiger partial charge on any atom is 0.0466 e. The van der Waals surface area contributed by atoms with Gasteiger partial charge in [0.25, 0.3) is 0 Å². The zero-order chi connectivity index (χ0) is 16.5. The van der Waals surface area contributed by atoms with Crippen LogP contribution in [0.3, 0.4) is 0 Å². The molecule has 0 heterocycles. The Kier molecular flexibility index (Phi) is 7.08. The van der Waals surface area contributed by atoms with Gasteiger partial charge >= 0.3 is 0 Å². The van der Waals surface area contributed by atoms with E-state index in [0.717, 1.165) is 25.1 Å². The van der Waals surface area contributed by atoms with E-state index in [1.165, 1.54) is 16.7 Å². The van der Waals surface area contributed by atoms with E-state index in [2.05, 4.69) is 68.5 Å². The molecule has 2 aromatic rings. The van der Waals surface area contributed by atoms with Crippen LogP contribution in [0, 0.1) is 0 Å². The van der Waals surface area contributed by atoms with Crippen LogP contribution in [0.15, 0.2) is 66.5 Å². The lowest BCUT2D eigenvalue weighted by Crippen LogP contribution is -2.18. The summed E-state index contributed by atoms with van der Waals surface area (Å²) in [6, 6.07) is 18.8. The normalized spacial score (nSPS) is 12.9. The maximum absolute atomic E-state index is 5.88. The molecule has 0 aromatic heterocycles. The summed E-state index contributed by atoms with van der Waals surface area (Å²) in [6.45, 7) is 0.817. The fourth-order valence-corrected chi connectivity index (χ4v) is 2.77. The second kappa shape index (κ2) is 9.31. The highest BCUT2D eigenvalue weighted by Gasteiger charge is 2.07. The number of allylic oxidation sites excluding steroid dienone is 1. The molecule has 0 bridgehead atoms. The SMILES string of the molecule is NN/C=C(\N)CCc1ccccc1CNC(P)c1ccccc1. The molecule has 2 rings (SSSR count). The first-order chi connectivity index (χ1) is 11.2. The van der Waals surface area contributed by atoms with Crippen molar-refractivity contribution in [2.24, 2.45) is 11.6 Å². The van der Waals surface area contributed by atoms with Gasteiger partial charge in [0.15, 0.2) is 0 Å². The van der Waals surface area contributed by atoms with E-state index in [0.29, 0.717) is 0 Å². The van der Waals surface area contributed by atoms with Crippen molar-refractivity contribution in [3.05, 3.63) is 83.2 Å². The van der Waals surface area contributed by atoms with E-state index in [1.807, 2.05) is 6.07 Å². The molecule has 0 fully saturated rings. The van der Waals surface area contributed by atoms with Gasteiger partial charge < -0.3 is 16.5 Å². The molecular formula is C18H25N4P. The third-order valence-corrected chi connectivity index (χ3v) is 4.36. The van der Waals surface area contributed by atoms with E-state index in [4.69, 9.17) is 11.6 Å². The average molecular weight is 328 g/mol. The third kappa shape index (κ3) is 5.68. The number of hydrazine groups is 1. The first-order valence-electron chi connectivity index (χ1n) is 7.72. The highest BCUT2D eigenvalue weighted by atomic mass is 31.0. The fraction of sp³-hybridized carbons (Fsp3) is 0.222. The lowest BCUT2D eigenvalue weighted by atomic mass is 10.0. The Labute approximate surface area is 140 Å². The van der Waals surface area contributed by atoms with E-state index < -0.39 is 0 Å². The van der Waals surface area contributed by atoms with Crippen LogP contribution in [-0.2, 0) is 13.0 Å². The first-order valence-corrected chi connectivity index (χ1v) is 8.38. The summed E-state index contributed by atoms with van der Waals surface area (Å²) in [5.41, 5.74) is 13.0. The first kappa shape index (κ1) is 17.5. The molecule has 2 unspecified atom stereocenters. The average Bonchev–Trinajstić information content (AvgIpc) is 2.59. The minimum absolute atomic E-state index is 0.232. The zero-order valence-electron chi connectivity index (χ0n) is 13.2. The van der Waals surface area contributed by atoms with E-state index in [-0.39, 0.29) is 5.78 Å². The van der Waals surface area contributed by atoms with Gasteiger partial charge in [-0.05, 0) is 29.5 Å². The van der Waals surface area contributed by atoms with Gasteiger partial charge in [0.05, 0.1) is 0 Å². The summed E-state index contributed by atoms with van der Waals surface area (Å²) in [5.74, 6) is 5.48. The maximum atomic E-state index is 5.88. The largest absolute Gasteiger partial charge is 0.401 e. The van der Waals surface area contributed by atoms with E-state index in [9.17, 15) is 0 Å². The molecule has 6 N–H and O–H groups in total. The summed E-state index contributed by atoms with van der Waals surface area (Å²) in [6.07, 6.45) is 3.31. The molecule has 2 aromatic carbocycles. The predicted molar refractivity (Wildman–Crippen MR) is 100 cm³/mol. The van der Waals surface area contributed by atoms with Crippen molar-refractivity contribution in [3.8, 4) is 0 Å². The van der Waals surface area contributed by atoms with Crippen LogP contribution in [0.2, 0.25) is 0 Å². The second-order valence-electron chi connectivity index (χ2n) is 5.42. The van der Waals surface area contributed by atoms with Crippen LogP contribution in [0.25, 0.3) is 0 Å². The molecule has 0 aliphatic rings. The number of rotatable bonds is 8. The lowest BCUT2D eigenvalue weighted by molar-refractivity contribution is 0.671. The fourth-order valence-electron chi connectivity index (χ4n) is 2.43. The molecule has 0 radical (unpaired) electrons. The van der Waals surface area contributed by atoms with E-state index in [1.54, 1.807) is 6.20 Å². The Morgan fingerprint density at radius 2 is 1.70 bits per heavy atom. The van der Waals surface area contributed by atoms with Crippen molar-refractivity contribution < 1.29 is 0 Å². The second-order valence-corrected chi connectivity index (χ2v) is 6.09. The summed E-state index contributed by atoms with van der Waals surface area (Å²) < 4.78 is 0. The Hall–Kier alpha value is -1.87. The Morgan fingerprint density at radius 1 is 1.04 bits per heavy atom. The Balaban J connectivity index is 1.96. The predicted octanol–water partition coefficient (Wildman–Crippen LogP) is 2.55. The van der Waals surface area contributed by atoms with Crippen LogP contribution in [0.5, 0.6) is 0 Å². The minimum Gasteiger partial charge on any atom is -0.401 e. The van der Waals surface area contributed by atoms with Crippen LogP contribution < -0.4 is 22.3 Å². The van der Waals surface area contributed by atoms with Gasteiger partial charge in [-0.3, -0.25) is 5.84 Å². The number of benzene rings is 2. The number of nitrogens with two attached hydrogens (primary N) is 2. The van der Waals surface area contributed by atoms with Crippen LogP contribution in [-0.4, -0.2) is 0 Å². The molecule has 0 amide bonds.